The Kier molecular flexibility index (Phi) is 6.83. The van der Waals surface area contributed by atoms with Crippen molar-refractivity contribution in [3.05, 3.63) is 98.9 Å². The van der Waals surface area contributed by atoms with E-state index in [1.54, 1.807) is 12.1 Å². The largest absolute Gasteiger partial charge is 0.489 e. The van der Waals surface area contributed by atoms with Gasteiger partial charge >= 0.3 is 5.97 Å². The van der Waals surface area contributed by atoms with Crippen LogP contribution in [0.5, 0.6) is 5.75 Å². The molecule has 0 saturated carbocycles. The summed E-state index contributed by atoms with van der Waals surface area (Å²) < 4.78 is 6.16. The van der Waals surface area contributed by atoms with Crippen molar-refractivity contribution < 1.29 is 19.4 Å². The fourth-order valence-electron chi connectivity index (χ4n) is 3.25. The average molecular weight is 496 g/mol. The van der Waals surface area contributed by atoms with Crippen LogP contribution in [0.3, 0.4) is 0 Å². The van der Waals surface area contributed by atoms with Crippen molar-refractivity contribution in [3.8, 4) is 5.75 Å². The minimum Gasteiger partial charge on any atom is -0.489 e. The molecular formula is C25H18ClNO4S2. The van der Waals surface area contributed by atoms with E-state index in [4.69, 9.17) is 28.6 Å². The maximum atomic E-state index is 13.1. The minimum absolute atomic E-state index is 0.0982. The molecule has 8 heteroatoms. The molecule has 0 aliphatic carbocycles. The number of ether oxygens (including phenoxy) is 1. The second-order valence-corrected chi connectivity index (χ2v) is 9.36. The van der Waals surface area contributed by atoms with Crippen LogP contribution in [0.15, 0.2) is 71.6 Å². The van der Waals surface area contributed by atoms with Gasteiger partial charge in [0, 0.05) is 10.6 Å². The van der Waals surface area contributed by atoms with Gasteiger partial charge in [-0.1, -0.05) is 72.0 Å². The van der Waals surface area contributed by atoms with E-state index in [9.17, 15) is 14.7 Å². The Hall–Kier alpha value is -3.13. The average Bonchev–Trinajstić information content (AvgIpc) is 3.07. The Morgan fingerprint density at radius 2 is 1.88 bits per heavy atom. The first-order valence-corrected chi connectivity index (χ1v) is 11.5. The van der Waals surface area contributed by atoms with E-state index in [1.807, 2.05) is 55.5 Å². The number of thiocarbonyl (C=S) groups is 1. The number of halogens is 1. The molecule has 1 aliphatic rings. The highest BCUT2D eigenvalue weighted by Gasteiger charge is 2.34. The predicted octanol–water partition coefficient (Wildman–Crippen LogP) is 6.33. The Morgan fingerprint density at radius 3 is 2.58 bits per heavy atom. The Bertz CT molecular complexity index is 1290. The number of carbonyl (C=O) groups is 2. The van der Waals surface area contributed by atoms with Crippen LogP contribution >= 0.6 is 35.6 Å². The first-order valence-electron chi connectivity index (χ1n) is 9.91. The second-order valence-electron chi connectivity index (χ2n) is 7.27. The lowest BCUT2D eigenvalue weighted by Gasteiger charge is -2.17. The van der Waals surface area contributed by atoms with Crippen LogP contribution < -0.4 is 9.64 Å². The molecule has 0 radical (unpaired) electrons. The molecular weight excluding hydrogens is 478 g/mol. The normalized spacial score (nSPS) is 14.7. The highest BCUT2D eigenvalue weighted by Crippen LogP contribution is 2.37. The van der Waals surface area contributed by atoms with Crippen LogP contribution in [0.25, 0.3) is 6.08 Å². The lowest BCUT2D eigenvalue weighted by atomic mass is 10.1. The Balaban J connectivity index is 1.50. The highest BCUT2D eigenvalue weighted by molar-refractivity contribution is 8.27. The molecule has 0 spiro atoms. The number of carboxylic acid groups (broad SMARTS) is 1. The first kappa shape index (κ1) is 23.0. The molecule has 3 aromatic carbocycles. The van der Waals surface area contributed by atoms with Gasteiger partial charge in [0.15, 0.2) is 4.32 Å². The van der Waals surface area contributed by atoms with Crippen LogP contribution in [-0.2, 0) is 11.4 Å². The number of thioether (sulfide) groups is 1. The number of rotatable bonds is 6. The fourth-order valence-corrected chi connectivity index (χ4v) is 4.72. The molecule has 1 fully saturated rings. The van der Waals surface area contributed by atoms with E-state index in [1.165, 1.54) is 28.8 Å². The Labute approximate surface area is 205 Å². The van der Waals surface area contributed by atoms with Crippen LogP contribution in [0.1, 0.15) is 27.0 Å². The zero-order valence-corrected chi connectivity index (χ0v) is 19.8. The predicted molar refractivity (Wildman–Crippen MR) is 136 cm³/mol. The zero-order valence-electron chi connectivity index (χ0n) is 17.4. The number of hydrogen-bond acceptors (Lipinski definition) is 5. The molecule has 1 saturated heterocycles. The van der Waals surface area contributed by atoms with Crippen LogP contribution in [0.2, 0.25) is 5.02 Å². The molecule has 166 valence electrons. The number of carbonyl (C=O) groups excluding carboxylic acids is 1. The fraction of sp³-hybridized carbons (Fsp3) is 0.0800. The lowest BCUT2D eigenvalue weighted by molar-refractivity contribution is -0.113. The number of anilines is 1. The van der Waals surface area contributed by atoms with Crippen LogP contribution in [0, 0.1) is 6.92 Å². The molecule has 0 aromatic heterocycles. The standard InChI is InChI=1S/C25H18ClNO4S2/c1-15-6-9-17(24(29)30)13-21(15)27-23(28)22(33-25(27)32)12-16-7-10-19(11-8-16)31-14-18-4-2-3-5-20(18)26/h2-13H,14H2,1H3,(H,29,30). The van der Waals surface area contributed by atoms with Gasteiger partial charge in [-0.2, -0.15) is 0 Å². The molecule has 33 heavy (non-hydrogen) atoms. The van der Waals surface area contributed by atoms with E-state index >= 15 is 0 Å². The molecule has 0 unspecified atom stereocenters. The lowest BCUT2D eigenvalue weighted by Crippen LogP contribution is -2.28. The summed E-state index contributed by atoms with van der Waals surface area (Å²) in [4.78, 5) is 26.3. The van der Waals surface area contributed by atoms with Crippen molar-refractivity contribution >= 4 is 63.5 Å². The number of aryl methyl sites for hydroxylation is 1. The third-order valence-corrected chi connectivity index (χ3v) is 6.69. The van der Waals surface area contributed by atoms with Crippen molar-refractivity contribution in [1.82, 2.24) is 0 Å². The summed E-state index contributed by atoms with van der Waals surface area (Å²) in [6.45, 7) is 2.16. The summed E-state index contributed by atoms with van der Waals surface area (Å²) in [5.41, 5.74) is 3.05. The van der Waals surface area contributed by atoms with Crippen molar-refractivity contribution in [2.75, 3.05) is 4.90 Å². The van der Waals surface area contributed by atoms with Gasteiger partial charge < -0.3 is 9.84 Å². The summed E-state index contributed by atoms with van der Waals surface area (Å²) in [7, 11) is 0. The number of hydrogen-bond donors (Lipinski definition) is 1. The summed E-state index contributed by atoms with van der Waals surface area (Å²) in [5, 5.41) is 9.94. The number of benzene rings is 3. The maximum Gasteiger partial charge on any atom is 0.335 e. The molecule has 4 rings (SSSR count). The van der Waals surface area contributed by atoms with Crippen molar-refractivity contribution in [1.29, 1.82) is 0 Å². The number of amides is 1. The molecule has 1 amide bonds. The number of aromatic carboxylic acids is 1. The van der Waals surface area contributed by atoms with Gasteiger partial charge in [0.25, 0.3) is 5.91 Å². The molecule has 0 bridgehead atoms. The molecule has 1 aliphatic heterocycles. The van der Waals surface area contributed by atoms with Gasteiger partial charge in [-0.25, -0.2) is 4.79 Å². The molecule has 3 aromatic rings. The van der Waals surface area contributed by atoms with E-state index in [2.05, 4.69) is 0 Å². The van der Waals surface area contributed by atoms with E-state index in [-0.39, 0.29) is 11.5 Å². The van der Waals surface area contributed by atoms with E-state index in [0.29, 0.717) is 32.3 Å². The SMILES string of the molecule is Cc1ccc(C(=O)O)cc1N1C(=O)C(=Cc2ccc(OCc3ccccc3Cl)cc2)SC1=S. The zero-order chi connectivity index (χ0) is 23.5. The van der Waals surface area contributed by atoms with Gasteiger partial charge in [-0.05, 0) is 54.5 Å². The molecule has 1 heterocycles. The molecule has 0 atom stereocenters. The highest BCUT2D eigenvalue weighted by atomic mass is 35.5. The first-order chi connectivity index (χ1) is 15.8. The molecule has 1 N–H and O–H groups in total. The van der Waals surface area contributed by atoms with Crippen LogP contribution in [0.4, 0.5) is 5.69 Å². The van der Waals surface area contributed by atoms with E-state index < -0.39 is 5.97 Å². The minimum atomic E-state index is -1.06. The third kappa shape index (κ3) is 5.11. The van der Waals surface area contributed by atoms with E-state index in [0.717, 1.165) is 16.7 Å². The quantitative estimate of drug-likeness (QED) is 0.318. The van der Waals surface area contributed by atoms with Gasteiger partial charge in [0.05, 0.1) is 16.2 Å². The summed E-state index contributed by atoms with van der Waals surface area (Å²) in [6, 6.07) is 19.5. The number of carboxylic acids is 1. The topological polar surface area (TPSA) is 66.8 Å². The monoisotopic (exact) mass is 495 g/mol. The maximum absolute atomic E-state index is 13.1. The smallest absolute Gasteiger partial charge is 0.335 e. The summed E-state index contributed by atoms with van der Waals surface area (Å²) >= 11 is 12.8. The summed E-state index contributed by atoms with van der Waals surface area (Å²) in [5.74, 6) is -0.663. The van der Waals surface area contributed by atoms with Crippen molar-refractivity contribution in [2.24, 2.45) is 0 Å². The molecule has 5 nitrogen and oxygen atoms in total. The van der Waals surface area contributed by atoms with Gasteiger partial charge in [-0.15, -0.1) is 0 Å². The van der Waals surface area contributed by atoms with Gasteiger partial charge in [-0.3, -0.25) is 9.69 Å². The van der Waals surface area contributed by atoms with Crippen molar-refractivity contribution in [3.63, 3.8) is 0 Å². The number of nitrogens with zero attached hydrogens (tertiary/aromatic N) is 1. The Morgan fingerprint density at radius 1 is 1.15 bits per heavy atom. The second kappa shape index (κ2) is 9.79. The van der Waals surface area contributed by atoms with Crippen LogP contribution in [-0.4, -0.2) is 21.3 Å². The summed E-state index contributed by atoms with van der Waals surface area (Å²) in [6.07, 6.45) is 1.76. The third-order valence-electron chi connectivity index (χ3n) is 5.02. The van der Waals surface area contributed by atoms with Gasteiger partial charge in [0.1, 0.15) is 12.4 Å². The van der Waals surface area contributed by atoms with Crippen molar-refractivity contribution in [2.45, 2.75) is 13.5 Å². The van der Waals surface area contributed by atoms with Gasteiger partial charge in [0.2, 0.25) is 0 Å².